The van der Waals surface area contributed by atoms with E-state index < -0.39 is 0 Å². The molecule has 1 aliphatic heterocycles. The van der Waals surface area contributed by atoms with E-state index in [9.17, 15) is 4.79 Å². The maximum atomic E-state index is 12.5. The Morgan fingerprint density at radius 3 is 2.54 bits per heavy atom. The van der Waals surface area contributed by atoms with Gasteiger partial charge in [0.2, 0.25) is 5.91 Å². The lowest BCUT2D eigenvalue weighted by molar-refractivity contribution is -0.129. The van der Waals surface area contributed by atoms with Crippen molar-refractivity contribution in [1.29, 1.82) is 0 Å². The van der Waals surface area contributed by atoms with E-state index in [2.05, 4.69) is 20.5 Å². The standard InChI is InChI=1S/C20H26ClN5O2/c1-2-22-20(23-14-18-4-3-13-28-18)24-15-19(27)26-11-9-25(10-12-26)17-7-5-16(21)6-8-17/h3-8,13H,2,9-12,14-15H2,1H3,(H2,22,23,24). The summed E-state index contributed by atoms with van der Waals surface area (Å²) in [6, 6.07) is 11.5. The molecular weight excluding hydrogens is 378 g/mol. The summed E-state index contributed by atoms with van der Waals surface area (Å²) in [5.74, 6) is 1.45. The van der Waals surface area contributed by atoms with Gasteiger partial charge in [-0.05, 0) is 43.3 Å². The fourth-order valence-electron chi connectivity index (χ4n) is 3.04. The van der Waals surface area contributed by atoms with Crippen molar-refractivity contribution in [2.75, 3.05) is 44.2 Å². The lowest BCUT2D eigenvalue weighted by Crippen LogP contribution is -2.49. The second-order valence-corrected chi connectivity index (χ2v) is 6.91. The van der Waals surface area contributed by atoms with E-state index in [0.29, 0.717) is 25.6 Å². The van der Waals surface area contributed by atoms with Crippen LogP contribution in [0, 0.1) is 0 Å². The first kappa shape index (κ1) is 20.1. The van der Waals surface area contributed by atoms with Crippen molar-refractivity contribution < 1.29 is 9.21 Å². The van der Waals surface area contributed by atoms with Gasteiger partial charge in [-0.1, -0.05) is 11.6 Å². The van der Waals surface area contributed by atoms with Gasteiger partial charge in [-0.2, -0.15) is 0 Å². The van der Waals surface area contributed by atoms with Gasteiger partial charge in [-0.25, -0.2) is 4.99 Å². The first-order valence-corrected chi connectivity index (χ1v) is 9.86. The van der Waals surface area contributed by atoms with Crippen LogP contribution >= 0.6 is 11.6 Å². The van der Waals surface area contributed by atoms with E-state index in [1.54, 1.807) is 6.26 Å². The van der Waals surface area contributed by atoms with Gasteiger partial charge < -0.3 is 24.9 Å². The Morgan fingerprint density at radius 1 is 1.14 bits per heavy atom. The molecule has 3 rings (SSSR count). The number of hydrogen-bond acceptors (Lipinski definition) is 4. The van der Waals surface area contributed by atoms with E-state index in [-0.39, 0.29) is 12.5 Å². The smallest absolute Gasteiger partial charge is 0.244 e. The normalized spacial score (nSPS) is 14.9. The summed E-state index contributed by atoms with van der Waals surface area (Å²) in [5, 5.41) is 7.04. The number of carbonyl (C=O) groups excluding carboxylic acids is 1. The third-order valence-corrected chi connectivity index (χ3v) is 4.80. The van der Waals surface area contributed by atoms with Crippen LogP contribution in [0.4, 0.5) is 5.69 Å². The number of halogens is 1. The molecule has 0 atom stereocenters. The van der Waals surface area contributed by atoms with E-state index >= 15 is 0 Å². The Kier molecular flexibility index (Phi) is 7.19. The molecule has 2 aromatic rings. The molecule has 1 aliphatic rings. The highest BCUT2D eigenvalue weighted by Gasteiger charge is 2.21. The molecule has 1 amide bonds. The van der Waals surface area contributed by atoms with Gasteiger partial charge in [0.05, 0.1) is 12.8 Å². The van der Waals surface area contributed by atoms with Gasteiger partial charge in [0.15, 0.2) is 5.96 Å². The molecule has 0 spiro atoms. The number of piperazine rings is 1. The predicted molar refractivity (Wildman–Crippen MR) is 112 cm³/mol. The van der Waals surface area contributed by atoms with Crippen LogP contribution in [0.2, 0.25) is 5.02 Å². The number of furan rings is 1. The SMILES string of the molecule is CCNC(=NCC(=O)N1CCN(c2ccc(Cl)cc2)CC1)NCc1ccco1. The average molecular weight is 404 g/mol. The number of anilines is 1. The number of carbonyl (C=O) groups is 1. The van der Waals surface area contributed by atoms with Crippen LogP contribution in [0.3, 0.4) is 0 Å². The average Bonchev–Trinajstić information content (AvgIpc) is 3.24. The molecule has 0 saturated carbocycles. The van der Waals surface area contributed by atoms with Gasteiger partial charge in [-0.15, -0.1) is 0 Å². The summed E-state index contributed by atoms with van der Waals surface area (Å²) >= 11 is 5.95. The summed E-state index contributed by atoms with van der Waals surface area (Å²) in [6.07, 6.45) is 1.63. The molecule has 7 nitrogen and oxygen atoms in total. The summed E-state index contributed by atoms with van der Waals surface area (Å²) in [7, 11) is 0. The van der Waals surface area contributed by atoms with E-state index in [1.165, 1.54) is 0 Å². The maximum Gasteiger partial charge on any atom is 0.244 e. The number of rotatable bonds is 6. The molecule has 2 N–H and O–H groups in total. The molecule has 1 fully saturated rings. The van der Waals surface area contributed by atoms with E-state index in [0.717, 1.165) is 36.1 Å². The fraction of sp³-hybridized carbons (Fsp3) is 0.400. The zero-order chi connectivity index (χ0) is 19.8. The number of hydrogen-bond donors (Lipinski definition) is 2. The Hall–Kier alpha value is -2.67. The summed E-state index contributed by atoms with van der Waals surface area (Å²) < 4.78 is 5.30. The van der Waals surface area contributed by atoms with Crippen molar-refractivity contribution in [2.45, 2.75) is 13.5 Å². The number of guanidine groups is 1. The van der Waals surface area contributed by atoms with Gasteiger partial charge in [0, 0.05) is 43.4 Å². The van der Waals surface area contributed by atoms with Crippen molar-refractivity contribution in [3.8, 4) is 0 Å². The highest BCUT2D eigenvalue weighted by atomic mass is 35.5. The molecule has 2 heterocycles. The molecule has 0 bridgehead atoms. The van der Waals surface area contributed by atoms with Gasteiger partial charge in [0.25, 0.3) is 0 Å². The van der Waals surface area contributed by atoms with Crippen LogP contribution in [0.1, 0.15) is 12.7 Å². The van der Waals surface area contributed by atoms with Crippen molar-refractivity contribution >= 4 is 29.2 Å². The molecule has 8 heteroatoms. The van der Waals surface area contributed by atoms with Gasteiger partial charge >= 0.3 is 0 Å². The number of nitrogens with zero attached hydrogens (tertiary/aromatic N) is 3. The first-order chi connectivity index (χ1) is 13.7. The second-order valence-electron chi connectivity index (χ2n) is 6.47. The highest BCUT2D eigenvalue weighted by molar-refractivity contribution is 6.30. The molecule has 0 radical (unpaired) electrons. The van der Waals surface area contributed by atoms with Crippen LogP contribution in [0.25, 0.3) is 0 Å². The van der Waals surface area contributed by atoms with Crippen molar-refractivity contribution in [1.82, 2.24) is 15.5 Å². The van der Waals surface area contributed by atoms with Crippen LogP contribution in [-0.2, 0) is 11.3 Å². The molecule has 1 aromatic carbocycles. The third kappa shape index (κ3) is 5.66. The number of benzene rings is 1. The minimum absolute atomic E-state index is 0.0333. The quantitative estimate of drug-likeness (QED) is 0.572. The Bertz CT molecular complexity index is 768. The Morgan fingerprint density at radius 2 is 1.89 bits per heavy atom. The highest BCUT2D eigenvalue weighted by Crippen LogP contribution is 2.19. The Labute approximate surface area is 170 Å². The van der Waals surface area contributed by atoms with E-state index in [1.807, 2.05) is 48.2 Å². The second kappa shape index (κ2) is 10.0. The monoisotopic (exact) mass is 403 g/mol. The molecule has 150 valence electrons. The zero-order valence-electron chi connectivity index (χ0n) is 16.0. The number of amides is 1. The molecule has 0 aliphatic carbocycles. The van der Waals surface area contributed by atoms with Crippen LogP contribution < -0.4 is 15.5 Å². The number of aliphatic imine (C=N–C) groups is 1. The topological polar surface area (TPSA) is 73.1 Å². The van der Waals surface area contributed by atoms with Gasteiger partial charge in [0.1, 0.15) is 12.3 Å². The Balaban J connectivity index is 1.48. The molecular formula is C20H26ClN5O2. The first-order valence-electron chi connectivity index (χ1n) is 9.48. The van der Waals surface area contributed by atoms with Crippen molar-refractivity contribution in [3.63, 3.8) is 0 Å². The van der Waals surface area contributed by atoms with Crippen LogP contribution in [0.15, 0.2) is 52.1 Å². The fourth-order valence-corrected chi connectivity index (χ4v) is 3.16. The largest absolute Gasteiger partial charge is 0.467 e. The predicted octanol–water partition coefficient (Wildman–Crippen LogP) is 2.34. The molecule has 0 unspecified atom stereocenters. The van der Waals surface area contributed by atoms with Crippen LogP contribution in [0.5, 0.6) is 0 Å². The lowest BCUT2D eigenvalue weighted by Gasteiger charge is -2.36. The van der Waals surface area contributed by atoms with Crippen molar-refractivity contribution in [2.24, 2.45) is 4.99 Å². The van der Waals surface area contributed by atoms with E-state index in [4.69, 9.17) is 16.0 Å². The minimum atomic E-state index is 0.0333. The molecule has 1 saturated heterocycles. The molecule has 28 heavy (non-hydrogen) atoms. The zero-order valence-corrected chi connectivity index (χ0v) is 16.8. The van der Waals surface area contributed by atoms with Crippen molar-refractivity contribution in [3.05, 3.63) is 53.4 Å². The lowest BCUT2D eigenvalue weighted by atomic mass is 10.2. The number of nitrogens with one attached hydrogen (secondary N) is 2. The minimum Gasteiger partial charge on any atom is -0.467 e. The summed E-state index contributed by atoms with van der Waals surface area (Å²) in [5.41, 5.74) is 1.13. The summed E-state index contributed by atoms with van der Waals surface area (Å²) in [4.78, 5) is 21.1. The third-order valence-electron chi connectivity index (χ3n) is 4.55. The molecule has 1 aromatic heterocycles. The maximum absolute atomic E-state index is 12.5. The summed E-state index contributed by atoms with van der Waals surface area (Å²) in [6.45, 7) is 6.32. The van der Waals surface area contributed by atoms with Gasteiger partial charge in [-0.3, -0.25) is 4.79 Å². The van der Waals surface area contributed by atoms with Crippen LogP contribution in [-0.4, -0.2) is 56.0 Å².